The molecule has 0 nitrogen and oxygen atoms in total. The van der Waals surface area contributed by atoms with Gasteiger partial charge in [-0.05, 0) is 30.7 Å². The lowest BCUT2D eigenvalue weighted by molar-refractivity contribution is 0.606. The fourth-order valence-corrected chi connectivity index (χ4v) is 6.93. The molecule has 0 aromatic rings. The van der Waals surface area contributed by atoms with Gasteiger partial charge >= 0.3 is 0 Å². The van der Waals surface area contributed by atoms with Gasteiger partial charge in [-0.3, -0.25) is 0 Å². The van der Waals surface area contributed by atoms with Gasteiger partial charge in [-0.25, -0.2) is 0 Å². The molecule has 0 amide bonds. The number of hydrogen-bond acceptors (Lipinski definition) is 0. The van der Waals surface area contributed by atoms with E-state index >= 15 is 0 Å². The molecule has 0 N–H and O–H groups in total. The molecular weight excluding hydrogens is 172 g/mol. The molecule has 0 radical (unpaired) electrons. The van der Waals surface area contributed by atoms with Crippen LogP contribution in [0.5, 0.6) is 0 Å². The maximum Gasteiger partial charge on any atom is 0.0486 e. The molecule has 0 unspecified atom stereocenters. The number of rotatable bonds is 2. The first-order chi connectivity index (χ1) is 5.67. The molecule has 0 heterocycles. The second-order valence-electron chi connectivity index (χ2n) is 6.43. The van der Waals surface area contributed by atoms with Crippen LogP contribution in [0, 0.1) is 11.3 Å². The minimum absolute atomic E-state index is 0.585. The Morgan fingerprint density at radius 1 is 1.15 bits per heavy atom. The zero-order valence-corrected chi connectivity index (χ0v) is 11.2. The van der Waals surface area contributed by atoms with Crippen LogP contribution in [0.15, 0.2) is 11.6 Å². The molecule has 13 heavy (non-hydrogen) atoms. The normalized spacial score (nSPS) is 31.3. The monoisotopic (exact) mass is 196 g/mol. The first-order valence-electron chi connectivity index (χ1n) is 5.32. The van der Waals surface area contributed by atoms with Crippen molar-refractivity contribution in [2.24, 2.45) is 11.3 Å². The van der Waals surface area contributed by atoms with Gasteiger partial charge in [0.15, 0.2) is 0 Å². The Morgan fingerprint density at radius 2 is 1.62 bits per heavy atom. The Hall–Kier alpha value is -0.0431. The van der Waals surface area contributed by atoms with E-state index in [4.69, 9.17) is 0 Å². The maximum absolute atomic E-state index is 2.50. The van der Waals surface area contributed by atoms with Crippen molar-refractivity contribution in [3.05, 3.63) is 11.6 Å². The Morgan fingerprint density at radius 3 is 1.85 bits per heavy atom. The molecule has 0 aromatic heterocycles. The van der Waals surface area contributed by atoms with Crippen LogP contribution in [0.2, 0.25) is 25.2 Å². The fraction of sp³-hybridized carbons (Fsp3) is 0.833. The van der Waals surface area contributed by atoms with E-state index in [2.05, 4.69) is 53.4 Å². The first-order valence-corrected chi connectivity index (χ1v) is 8.90. The summed E-state index contributed by atoms with van der Waals surface area (Å²) in [7, 11) is -0.933. The third-order valence-electron chi connectivity index (χ3n) is 3.36. The molecule has 1 saturated carbocycles. The molecule has 0 aromatic carbocycles. The number of hydrogen-bond donors (Lipinski definition) is 0. The van der Waals surface area contributed by atoms with Crippen LogP contribution in [-0.4, -0.2) is 8.07 Å². The maximum atomic E-state index is 2.50. The van der Waals surface area contributed by atoms with E-state index in [0.29, 0.717) is 5.41 Å². The molecule has 76 valence electrons. The van der Waals surface area contributed by atoms with Crippen LogP contribution in [0.3, 0.4) is 0 Å². The summed E-state index contributed by atoms with van der Waals surface area (Å²) >= 11 is 0. The molecule has 1 rings (SSSR count). The van der Waals surface area contributed by atoms with Crippen molar-refractivity contribution < 1.29 is 0 Å². The Balaban J connectivity index is 2.79. The second kappa shape index (κ2) is 2.98. The predicted octanol–water partition coefficient (Wildman–Crippen LogP) is 4.32. The summed E-state index contributed by atoms with van der Waals surface area (Å²) in [5.74, 6) is 0.865. The van der Waals surface area contributed by atoms with Crippen LogP contribution in [-0.2, 0) is 0 Å². The summed E-state index contributed by atoms with van der Waals surface area (Å²) in [6.45, 7) is 16.8. The van der Waals surface area contributed by atoms with Crippen LogP contribution < -0.4 is 0 Å². The minimum atomic E-state index is -0.933. The van der Waals surface area contributed by atoms with Crippen molar-refractivity contribution in [3.63, 3.8) is 0 Å². The van der Waals surface area contributed by atoms with Crippen LogP contribution in [0.25, 0.3) is 0 Å². The van der Waals surface area contributed by atoms with E-state index in [1.54, 1.807) is 0 Å². The highest BCUT2D eigenvalue weighted by Gasteiger charge is 2.61. The molecule has 1 aliphatic rings. The van der Waals surface area contributed by atoms with Gasteiger partial charge in [-0.2, -0.15) is 0 Å². The summed E-state index contributed by atoms with van der Waals surface area (Å²) in [6.07, 6.45) is 2.49. The summed E-state index contributed by atoms with van der Waals surface area (Å²) < 4.78 is 0. The summed E-state index contributed by atoms with van der Waals surface area (Å²) in [5, 5.41) is 0. The van der Waals surface area contributed by atoms with Gasteiger partial charge in [-0.15, -0.1) is 0 Å². The lowest BCUT2D eigenvalue weighted by Crippen LogP contribution is -2.22. The highest BCUT2D eigenvalue weighted by molar-refractivity contribution is 6.78. The lowest BCUT2D eigenvalue weighted by Gasteiger charge is -2.17. The van der Waals surface area contributed by atoms with Crippen LogP contribution in [0.4, 0.5) is 0 Å². The Labute approximate surface area is 84.4 Å². The SMILES string of the molecule is CC(C)=C[C@H]1[C@H]([Si](C)(C)C)C1(C)C. The van der Waals surface area contributed by atoms with Gasteiger partial charge < -0.3 is 0 Å². The largest absolute Gasteiger partial charge is 0.0822 e. The standard InChI is InChI=1S/C12H24Si/c1-9(2)8-10-11(12(10,3)4)13(5,6)7/h8,10-11H,1-7H3/t10-,11-/m0/s1. The van der Waals surface area contributed by atoms with Crippen LogP contribution >= 0.6 is 0 Å². The molecule has 1 fully saturated rings. The van der Waals surface area contributed by atoms with Gasteiger partial charge in [0.2, 0.25) is 0 Å². The van der Waals surface area contributed by atoms with Gasteiger partial charge in [0, 0.05) is 8.07 Å². The second-order valence-corrected chi connectivity index (χ2v) is 11.8. The zero-order valence-electron chi connectivity index (χ0n) is 10.2. The molecule has 0 spiro atoms. The fourth-order valence-electron chi connectivity index (χ4n) is 3.00. The average Bonchev–Trinajstić information content (AvgIpc) is 2.29. The van der Waals surface area contributed by atoms with E-state index in [0.717, 1.165) is 11.5 Å². The van der Waals surface area contributed by atoms with Crippen molar-refractivity contribution in [2.45, 2.75) is 52.9 Å². The molecule has 0 saturated heterocycles. The topological polar surface area (TPSA) is 0 Å². The van der Waals surface area contributed by atoms with E-state index < -0.39 is 8.07 Å². The summed E-state index contributed by atoms with van der Waals surface area (Å²) in [5.41, 5.74) is 3.07. The summed E-state index contributed by atoms with van der Waals surface area (Å²) in [6, 6.07) is 0. The van der Waals surface area contributed by atoms with Gasteiger partial charge in [-0.1, -0.05) is 45.1 Å². The average molecular weight is 196 g/mol. The van der Waals surface area contributed by atoms with Crippen molar-refractivity contribution in [1.82, 2.24) is 0 Å². The van der Waals surface area contributed by atoms with Crippen molar-refractivity contribution in [2.75, 3.05) is 0 Å². The van der Waals surface area contributed by atoms with Gasteiger partial charge in [0.25, 0.3) is 0 Å². The molecule has 2 atom stereocenters. The molecular formula is C12H24Si. The highest BCUT2D eigenvalue weighted by Crippen LogP contribution is 2.68. The van der Waals surface area contributed by atoms with E-state index in [1.165, 1.54) is 5.57 Å². The Bertz CT molecular complexity index is 226. The number of allylic oxidation sites excluding steroid dienone is 2. The summed E-state index contributed by atoms with van der Waals surface area (Å²) in [4.78, 5) is 0. The quantitative estimate of drug-likeness (QED) is 0.456. The third kappa shape index (κ3) is 2.07. The smallest absolute Gasteiger partial charge is 0.0486 e. The van der Waals surface area contributed by atoms with E-state index in [9.17, 15) is 0 Å². The van der Waals surface area contributed by atoms with Crippen molar-refractivity contribution in [3.8, 4) is 0 Å². The molecule has 1 heteroatoms. The minimum Gasteiger partial charge on any atom is -0.0822 e. The predicted molar refractivity (Wildman–Crippen MR) is 63.8 cm³/mol. The van der Waals surface area contributed by atoms with Crippen molar-refractivity contribution in [1.29, 1.82) is 0 Å². The van der Waals surface area contributed by atoms with E-state index in [1.807, 2.05) is 0 Å². The molecule has 1 aliphatic carbocycles. The zero-order chi connectivity index (χ0) is 10.4. The first kappa shape index (κ1) is 11.0. The van der Waals surface area contributed by atoms with Crippen molar-refractivity contribution >= 4 is 8.07 Å². The Kier molecular flexibility index (Phi) is 2.53. The highest BCUT2D eigenvalue weighted by atomic mass is 28.3. The molecule has 0 aliphatic heterocycles. The van der Waals surface area contributed by atoms with Gasteiger partial charge in [0.1, 0.15) is 0 Å². The van der Waals surface area contributed by atoms with Crippen LogP contribution in [0.1, 0.15) is 27.7 Å². The molecule has 0 bridgehead atoms. The third-order valence-corrected chi connectivity index (χ3v) is 6.33. The van der Waals surface area contributed by atoms with Gasteiger partial charge in [0.05, 0.1) is 0 Å². The lowest BCUT2D eigenvalue weighted by atomic mass is 10.1. The van der Waals surface area contributed by atoms with E-state index in [-0.39, 0.29) is 0 Å².